The number of ketones is 1. The SMILES string of the molecule is CON(C)C(=O)c1cn(Cc2cccc(C)n2)c2ccccc2c1=O.Cc1cccc(Cn2cc(C(=O)c3ccc(Cl)nc3)c(=O)c3ccccc32)n1. The van der Waals surface area contributed by atoms with Crippen LogP contribution in [0.5, 0.6) is 0 Å². The summed E-state index contributed by atoms with van der Waals surface area (Å²) in [4.78, 5) is 69.0. The number of para-hydroxylation sites is 2. The van der Waals surface area contributed by atoms with Crippen LogP contribution in [0.25, 0.3) is 21.8 Å². The largest absolute Gasteiger partial charge is 0.340 e. The van der Waals surface area contributed by atoms with E-state index < -0.39 is 5.91 Å². The van der Waals surface area contributed by atoms with Crippen LogP contribution in [-0.2, 0) is 17.9 Å². The number of hydroxylamine groups is 2. The number of carbonyl (C=O) groups excluding carboxylic acids is 2. The normalized spacial score (nSPS) is 10.9. The second kappa shape index (κ2) is 15.9. The highest BCUT2D eigenvalue weighted by Crippen LogP contribution is 2.18. The molecular formula is C41H35ClN6O5. The van der Waals surface area contributed by atoms with Crippen molar-refractivity contribution in [3.8, 4) is 0 Å². The van der Waals surface area contributed by atoms with Crippen LogP contribution >= 0.6 is 11.6 Å². The quantitative estimate of drug-likeness (QED) is 0.0997. The number of hydrogen-bond donors (Lipinski definition) is 0. The van der Waals surface area contributed by atoms with E-state index in [0.29, 0.717) is 29.4 Å². The lowest BCUT2D eigenvalue weighted by Gasteiger charge is -2.16. The molecule has 0 saturated heterocycles. The van der Waals surface area contributed by atoms with Gasteiger partial charge in [0.2, 0.25) is 10.9 Å². The van der Waals surface area contributed by atoms with E-state index in [0.717, 1.165) is 38.9 Å². The standard InChI is InChI=1S/C22H16ClN3O2.C19H19N3O3/c1-14-5-4-6-16(25-14)12-26-13-18(21(27)15-9-10-20(23)24-11-15)22(28)17-7-2-3-8-19(17)26;1-13-7-6-8-14(20-13)11-22-12-16(19(24)21(2)25-3)18(23)15-9-4-5-10-17(15)22/h2-11,13H,12H2,1H3;4-10,12H,11H2,1-3H3. The number of rotatable bonds is 8. The summed E-state index contributed by atoms with van der Waals surface area (Å²) in [5.41, 5.74) is 4.90. The van der Waals surface area contributed by atoms with Crippen molar-refractivity contribution in [2.45, 2.75) is 26.9 Å². The minimum atomic E-state index is -0.482. The zero-order valence-electron chi connectivity index (χ0n) is 29.5. The lowest BCUT2D eigenvalue weighted by atomic mass is 10.0. The lowest BCUT2D eigenvalue weighted by molar-refractivity contribution is -0.0758. The first-order chi connectivity index (χ1) is 25.5. The molecule has 53 heavy (non-hydrogen) atoms. The van der Waals surface area contributed by atoms with E-state index in [1.807, 2.05) is 83.6 Å². The fourth-order valence-electron chi connectivity index (χ4n) is 5.91. The van der Waals surface area contributed by atoms with Crippen LogP contribution in [0.1, 0.15) is 49.1 Å². The number of pyridine rings is 5. The van der Waals surface area contributed by atoms with Crippen molar-refractivity contribution in [3.05, 3.63) is 181 Å². The first kappa shape index (κ1) is 36.5. The zero-order valence-corrected chi connectivity index (χ0v) is 30.2. The van der Waals surface area contributed by atoms with Crippen molar-refractivity contribution in [2.75, 3.05) is 14.2 Å². The van der Waals surface area contributed by atoms with Gasteiger partial charge in [0.15, 0.2) is 5.78 Å². The Hall–Kier alpha value is -6.30. The molecule has 12 heteroatoms. The average Bonchev–Trinajstić information content (AvgIpc) is 3.17. The third kappa shape index (κ3) is 8.12. The van der Waals surface area contributed by atoms with E-state index in [4.69, 9.17) is 16.4 Å². The van der Waals surface area contributed by atoms with E-state index in [1.165, 1.54) is 26.4 Å². The number of carbonyl (C=O) groups is 2. The maximum Gasteiger partial charge on any atom is 0.282 e. The van der Waals surface area contributed by atoms with E-state index in [2.05, 4.69) is 15.0 Å². The second-order valence-electron chi connectivity index (χ2n) is 12.3. The van der Waals surface area contributed by atoms with Crippen molar-refractivity contribution in [1.29, 1.82) is 0 Å². The first-order valence-corrected chi connectivity index (χ1v) is 17.0. The molecular weight excluding hydrogens is 692 g/mol. The molecule has 7 aromatic rings. The molecule has 0 N–H and O–H groups in total. The summed E-state index contributed by atoms with van der Waals surface area (Å²) < 4.78 is 3.75. The van der Waals surface area contributed by atoms with Crippen LogP contribution in [0.2, 0.25) is 5.15 Å². The minimum Gasteiger partial charge on any atom is -0.340 e. The molecule has 0 bridgehead atoms. The van der Waals surface area contributed by atoms with Crippen LogP contribution in [0, 0.1) is 13.8 Å². The predicted octanol–water partition coefficient (Wildman–Crippen LogP) is 6.42. The van der Waals surface area contributed by atoms with Crippen molar-refractivity contribution in [3.63, 3.8) is 0 Å². The van der Waals surface area contributed by atoms with E-state index >= 15 is 0 Å². The van der Waals surface area contributed by atoms with Crippen LogP contribution in [0.15, 0.2) is 125 Å². The van der Waals surface area contributed by atoms with Crippen molar-refractivity contribution < 1.29 is 14.4 Å². The number of fused-ring (bicyclic) bond motifs is 2. The number of halogens is 1. The summed E-state index contributed by atoms with van der Waals surface area (Å²) in [6.07, 6.45) is 4.56. The summed E-state index contributed by atoms with van der Waals surface area (Å²) in [5.74, 6) is -0.866. The molecule has 0 unspecified atom stereocenters. The molecule has 2 aromatic carbocycles. The van der Waals surface area contributed by atoms with Gasteiger partial charge in [0.25, 0.3) is 5.91 Å². The number of hydrogen-bond acceptors (Lipinski definition) is 8. The number of amides is 1. The van der Waals surface area contributed by atoms with Gasteiger partial charge in [0.05, 0.1) is 48.2 Å². The molecule has 5 heterocycles. The van der Waals surface area contributed by atoms with Crippen molar-refractivity contribution >= 4 is 45.1 Å². The van der Waals surface area contributed by atoms with Gasteiger partial charge in [-0.25, -0.2) is 10.0 Å². The molecule has 0 fully saturated rings. The highest BCUT2D eigenvalue weighted by molar-refractivity contribution is 6.29. The van der Waals surface area contributed by atoms with Gasteiger partial charge < -0.3 is 9.13 Å². The molecule has 5 aromatic heterocycles. The number of aryl methyl sites for hydroxylation is 2. The molecule has 1 amide bonds. The lowest BCUT2D eigenvalue weighted by Crippen LogP contribution is -2.31. The highest BCUT2D eigenvalue weighted by Gasteiger charge is 2.20. The fraction of sp³-hybridized carbons (Fsp3) is 0.146. The molecule has 7 rings (SSSR count). The van der Waals surface area contributed by atoms with Crippen LogP contribution in [-0.4, -0.2) is 55.0 Å². The average molecular weight is 727 g/mol. The van der Waals surface area contributed by atoms with E-state index in [9.17, 15) is 19.2 Å². The fourth-order valence-corrected chi connectivity index (χ4v) is 6.02. The summed E-state index contributed by atoms with van der Waals surface area (Å²) in [5, 5.41) is 2.31. The Labute approximate surface area is 309 Å². The Morgan fingerprint density at radius 2 is 1.21 bits per heavy atom. The topological polar surface area (TPSA) is 129 Å². The van der Waals surface area contributed by atoms with Crippen LogP contribution in [0.3, 0.4) is 0 Å². The van der Waals surface area contributed by atoms with E-state index in [-0.39, 0.29) is 32.9 Å². The molecule has 0 spiro atoms. The predicted molar refractivity (Wildman–Crippen MR) is 204 cm³/mol. The molecule has 11 nitrogen and oxygen atoms in total. The second-order valence-corrected chi connectivity index (χ2v) is 12.6. The molecule has 0 aliphatic carbocycles. The number of benzene rings is 2. The van der Waals surface area contributed by atoms with Gasteiger partial charge in [-0.2, -0.15) is 0 Å². The van der Waals surface area contributed by atoms with Crippen molar-refractivity contribution in [1.82, 2.24) is 29.1 Å². The molecule has 0 saturated carbocycles. The molecule has 0 atom stereocenters. The van der Waals surface area contributed by atoms with Gasteiger partial charge in [-0.3, -0.25) is 34.0 Å². The Balaban J connectivity index is 0.000000183. The summed E-state index contributed by atoms with van der Waals surface area (Å²) >= 11 is 5.80. The maximum absolute atomic E-state index is 13.0. The Kier molecular flexibility index (Phi) is 11.0. The Morgan fingerprint density at radius 3 is 1.70 bits per heavy atom. The summed E-state index contributed by atoms with van der Waals surface area (Å²) in [6.45, 7) is 4.76. The highest BCUT2D eigenvalue weighted by atomic mass is 35.5. The van der Waals surface area contributed by atoms with Gasteiger partial charge in [-0.1, -0.05) is 48.0 Å². The summed E-state index contributed by atoms with van der Waals surface area (Å²) in [6, 6.07) is 29.2. The molecule has 0 radical (unpaired) electrons. The van der Waals surface area contributed by atoms with E-state index in [1.54, 1.807) is 42.7 Å². The monoisotopic (exact) mass is 726 g/mol. The maximum atomic E-state index is 13.0. The summed E-state index contributed by atoms with van der Waals surface area (Å²) in [7, 11) is 2.86. The Bertz CT molecular complexity index is 2600. The first-order valence-electron chi connectivity index (χ1n) is 16.6. The smallest absolute Gasteiger partial charge is 0.282 e. The Morgan fingerprint density at radius 1 is 0.698 bits per heavy atom. The third-order valence-electron chi connectivity index (χ3n) is 8.56. The number of nitrogens with zero attached hydrogens (tertiary/aromatic N) is 6. The van der Waals surface area contributed by atoms with Crippen LogP contribution < -0.4 is 10.9 Å². The van der Waals surface area contributed by atoms with Gasteiger partial charge in [-0.15, -0.1) is 0 Å². The van der Waals surface area contributed by atoms with Gasteiger partial charge in [0, 0.05) is 53.4 Å². The minimum absolute atomic E-state index is 0.0655. The number of aromatic nitrogens is 5. The molecule has 0 aliphatic rings. The zero-order chi connectivity index (χ0) is 37.6. The molecule has 0 aliphatic heterocycles. The van der Waals surface area contributed by atoms with Crippen molar-refractivity contribution in [2.24, 2.45) is 0 Å². The van der Waals surface area contributed by atoms with Crippen LogP contribution in [0.4, 0.5) is 0 Å². The van der Waals surface area contributed by atoms with Gasteiger partial charge >= 0.3 is 0 Å². The third-order valence-corrected chi connectivity index (χ3v) is 8.78. The molecule has 266 valence electrons. The van der Waals surface area contributed by atoms with Gasteiger partial charge in [0.1, 0.15) is 10.7 Å². The van der Waals surface area contributed by atoms with Gasteiger partial charge in [-0.05, 0) is 74.5 Å².